The Kier molecular flexibility index (Phi) is 6.73. The van der Waals surface area contributed by atoms with Crippen molar-refractivity contribution in [1.29, 1.82) is 0 Å². The van der Waals surface area contributed by atoms with Gasteiger partial charge >= 0.3 is 0 Å². The second kappa shape index (κ2) is 7.54. The van der Waals surface area contributed by atoms with Gasteiger partial charge in [-0.2, -0.15) is 11.8 Å². The molecule has 0 spiro atoms. The van der Waals surface area contributed by atoms with Crippen LogP contribution in [0.25, 0.3) is 0 Å². The van der Waals surface area contributed by atoms with Crippen LogP contribution in [0.15, 0.2) is 0 Å². The van der Waals surface area contributed by atoms with E-state index >= 15 is 0 Å². The Labute approximate surface area is 104 Å². The SMILES string of the molecule is CCN(C(C)COC)C(CN)C1CCSC1. The number of thioether (sulfide) groups is 1. The zero-order valence-corrected chi connectivity index (χ0v) is 11.6. The molecule has 16 heavy (non-hydrogen) atoms. The molecule has 1 heterocycles. The van der Waals surface area contributed by atoms with Crippen molar-refractivity contribution in [3.63, 3.8) is 0 Å². The van der Waals surface area contributed by atoms with E-state index in [2.05, 4.69) is 30.5 Å². The molecule has 0 aromatic heterocycles. The predicted octanol–water partition coefficient (Wildman–Crippen LogP) is 1.42. The Balaban J connectivity index is 2.58. The molecule has 3 atom stereocenters. The standard InChI is InChI=1S/C12H26N2OS/c1-4-14(10(2)8-15-3)12(7-13)11-5-6-16-9-11/h10-12H,4-9,13H2,1-3H3. The summed E-state index contributed by atoms with van der Waals surface area (Å²) in [6, 6.07) is 0.999. The molecule has 3 nitrogen and oxygen atoms in total. The summed E-state index contributed by atoms with van der Waals surface area (Å²) < 4.78 is 5.26. The average molecular weight is 246 g/mol. The van der Waals surface area contributed by atoms with Crippen LogP contribution in [-0.2, 0) is 4.74 Å². The van der Waals surface area contributed by atoms with Gasteiger partial charge in [0.05, 0.1) is 6.61 Å². The minimum Gasteiger partial charge on any atom is -0.383 e. The Morgan fingerprint density at radius 1 is 1.56 bits per heavy atom. The lowest BCUT2D eigenvalue weighted by atomic mass is 9.96. The zero-order chi connectivity index (χ0) is 12.0. The van der Waals surface area contributed by atoms with Gasteiger partial charge in [0.2, 0.25) is 0 Å². The molecule has 0 radical (unpaired) electrons. The first-order valence-electron chi connectivity index (χ1n) is 6.27. The highest BCUT2D eigenvalue weighted by atomic mass is 32.2. The number of ether oxygens (including phenoxy) is 1. The van der Waals surface area contributed by atoms with E-state index in [1.54, 1.807) is 7.11 Å². The summed E-state index contributed by atoms with van der Waals surface area (Å²) in [6.07, 6.45) is 1.32. The molecule has 1 saturated heterocycles. The number of likely N-dealkylation sites (N-methyl/N-ethyl adjacent to an activating group) is 1. The summed E-state index contributed by atoms with van der Waals surface area (Å²) in [7, 11) is 1.77. The average Bonchev–Trinajstić information content (AvgIpc) is 2.79. The molecule has 0 aromatic carbocycles. The predicted molar refractivity (Wildman–Crippen MR) is 72.0 cm³/mol. The highest BCUT2D eigenvalue weighted by molar-refractivity contribution is 7.99. The van der Waals surface area contributed by atoms with Gasteiger partial charge in [0, 0.05) is 25.7 Å². The monoisotopic (exact) mass is 246 g/mol. The summed E-state index contributed by atoms with van der Waals surface area (Å²) in [4.78, 5) is 2.51. The minimum atomic E-state index is 0.467. The zero-order valence-electron chi connectivity index (χ0n) is 10.8. The van der Waals surface area contributed by atoms with E-state index in [0.717, 1.165) is 25.6 Å². The number of rotatable bonds is 7. The van der Waals surface area contributed by atoms with Crippen molar-refractivity contribution in [2.45, 2.75) is 32.4 Å². The van der Waals surface area contributed by atoms with Gasteiger partial charge in [-0.05, 0) is 37.3 Å². The third kappa shape index (κ3) is 3.62. The van der Waals surface area contributed by atoms with Gasteiger partial charge in [-0.15, -0.1) is 0 Å². The van der Waals surface area contributed by atoms with Crippen molar-refractivity contribution in [2.75, 3.05) is 38.3 Å². The molecule has 0 saturated carbocycles. The fraction of sp³-hybridized carbons (Fsp3) is 1.00. The fourth-order valence-corrected chi connectivity index (χ4v) is 3.99. The van der Waals surface area contributed by atoms with Crippen LogP contribution >= 0.6 is 11.8 Å². The van der Waals surface area contributed by atoms with E-state index in [0.29, 0.717) is 12.1 Å². The van der Waals surface area contributed by atoms with Gasteiger partial charge in [0.1, 0.15) is 0 Å². The first-order chi connectivity index (χ1) is 7.74. The second-order valence-electron chi connectivity index (χ2n) is 4.56. The highest BCUT2D eigenvalue weighted by Gasteiger charge is 2.30. The molecular weight excluding hydrogens is 220 g/mol. The van der Waals surface area contributed by atoms with E-state index in [1.165, 1.54) is 17.9 Å². The molecule has 1 aliphatic rings. The third-order valence-electron chi connectivity index (χ3n) is 3.52. The number of nitrogens with two attached hydrogens (primary N) is 1. The topological polar surface area (TPSA) is 38.5 Å². The lowest BCUT2D eigenvalue weighted by Crippen LogP contribution is -2.51. The summed E-state index contributed by atoms with van der Waals surface area (Å²) >= 11 is 2.07. The van der Waals surface area contributed by atoms with Crippen LogP contribution in [0.2, 0.25) is 0 Å². The smallest absolute Gasteiger partial charge is 0.0615 e. The number of hydrogen-bond acceptors (Lipinski definition) is 4. The maximum absolute atomic E-state index is 5.97. The van der Waals surface area contributed by atoms with E-state index in [4.69, 9.17) is 10.5 Å². The molecule has 3 unspecified atom stereocenters. The van der Waals surface area contributed by atoms with Crippen LogP contribution in [0.3, 0.4) is 0 Å². The van der Waals surface area contributed by atoms with Crippen LogP contribution in [0.4, 0.5) is 0 Å². The van der Waals surface area contributed by atoms with E-state index in [-0.39, 0.29) is 0 Å². The molecule has 0 aromatic rings. The van der Waals surface area contributed by atoms with Crippen LogP contribution in [0.1, 0.15) is 20.3 Å². The number of hydrogen-bond donors (Lipinski definition) is 1. The van der Waals surface area contributed by atoms with E-state index < -0.39 is 0 Å². The first kappa shape index (κ1) is 14.3. The molecule has 96 valence electrons. The van der Waals surface area contributed by atoms with Gasteiger partial charge in [-0.25, -0.2) is 0 Å². The van der Waals surface area contributed by atoms with Crippen LogP contribution in [0.5, 0.6) is 0 Å². The highest BCUT2D eigenvalue weighted by Crippen LogP contribution is 2.29. The van der Waals surface area contributed by atoms with Crippen LogP contribution < -0.4 is 5.73 Å². The quantitative estimate of drug-likeness (QED) is 0.737. The van der Waals surface area contributed by atoms with Gasteiger partial charge in [-0.1, -0.05) is 6.92 Å². The number of nitrogens with zero attached hydrogens (tertiary/aromatic N) is 1. The number of methoxy groups -OCH3 is 1. The molecule has 0 amide bonds. The Bertz CT molecular complexity index is 186. The van der Waals surface area contributed by atoms with Gasteiger partial charge < -0.3 is 10.5 Å². The normalized spacial score (nSPS) is 24.9. The molecular formula is C12H26N2OS. The van der Waals surface area contributed by atoms with Gasteiger partial charge in [-0.3, -0.25) is 4.90 Å². The molecule has 1 rings (SSSR count). The lowest BCUT2D eigenvalue weighted by Gasteiger charge is -2.38. The van der Waals surface area contributed by atoms with Crippen LogP contribution in [0, 0.1) is 5.92 Å². The third-order valence-corrected chi connectivity index (χ3v) is 4.70. The molecule has 0 aliphatic carbocycles. The van der Waals surface area contributed by atoms with Gasteiger partial charge in [0.15, 0.2) is 0 Å². The molecule has 0 bridgehead atoms. The van der Waals surface area contributed by atoms with E-state index in [9.17, 15) is 0 Å². The fourth-order valence-electron chi connectivity index (χ4n) is 2.66. The second-order valence-corrected chi connectivity index (χ2v) is 5.71. The summed E-state index contributed by atoms with van der Waals surface area (Å²) in [6.45, 7) is 7.08. The van der Waals surface area contributed by atoms with Crippen molar-refractivity contribution >= 4 is 11.8 Å². The largest absolute Gasteiger partial charge is 0.383 e. The van der Waals surface area contributed by atoms with Crippen molar-refractivity contribution in [3.05, 3.63) is 0 Å². The summed E-state index contributed by atoms with van der Waals surface area (Å²) in [5.74, 6) is 3.35. The molecule has 4 heteroatoms. The molecule has 1 aliphatic heterocycles. The Morgan fingerprint density at radius 3 is 2.75 bits per heavy atom. The summed E-state index contributed by atoms with van der Waals surface area (Å²) in [5, 5.41) is 0. The Morgan fingerprint density at radius 2 is 2.31 bits per heavy atom. The van der Waals surface area contributed by atoms with Gasteiger partial charge in [0.25, 0.3) is 0 Å². The van der Waals surface area contributed by atoms with Crippen molar-refractivity contribution in [2.24, 2.45) is 11.7 Å². The first-order valence-corrected chi connectivity index (χ1v) is 7.42. The van der Waals surface area contributed by atoms with Crippen molar-refractivity contribution < 1.29 is 4.74 Å². The lowest BCUT2D eigenvalue weighted by molar-refractivity contribution is 0.0581. The maximum Gasteiger partial charge on any atom is 0.0615 e. The summed E-state index contributed by atoms with van der Waals surface area (Å²) in [5.41, 5.74) is 5.97. The van der Waals surface area contributed by atoms with Crippen LogP contribution in [-0.4, -0.2) is 55.3 Å². The van der Waals surface area contributed by atoms with E-state index in [1.807, 2.05) is 0 Å². The Hall–Kier alpha value is 0.230. The molecule has 2 N–H and O–H groups in total. The molecule has 1 fully saturated rings. The minimum absolute atomic E-state index is 0.467. The van der Waals surface area contributed by atoms with Crippen molar-refractivity contribution in [1.82, 2.24) is 4.90 Å². The maximum atomic E-state index is 5.97. The van der Waals surface area contributed by atoms with Crippen molar-refractivity contribution in [3.8, 4) is 0 Å².